The first kappa shape index (κ1) is 16.7. The zero-order chi connectivity index (χ0) is 15.5. The Morgan fingerprint density at radius 2 is 1.71 bits per heavy atom. The average molecular weight is 320 g/mol. The van der Waals surface area contributed by atoms with Gasteiger partial charge in [0.05, 0.1) is 12.5 Å². The van der Waals surface area contributed by atoms with Gasteiger partial charge in [0.25, 0.3) is 10.2 Å². The number of carboxylic acids is 1. The van der Waals surface area contributed by atoms with Crippen LogP contribution in [0.2, 0.25) is 0 Å². The van der Waals surface area contributed by atoms with Crippen molar-refractivity contribution >= 4 is 16.2 Å². The number of nitrogens with zero attached hydrogens (tertiary/aromatic N) is 2. The molecule has 0 aromatic carbocycles. The predicted molar refractivity (Wildman–Crippen MR) is 76.9 cm³/mol. The summed E-state index contributed by atoms with van der Waals surface area (Å²) in [4.78, 5) is 10.9. The average Bonchev–Trinajstić information content (AvgIpc) is 2.72. The fourth-order valence-corrected chi connectivity index (χ4v) is 5.00. The molecule has 1 atom stereocenters. The molecule has 2 heterocycles. The summed E-state index contributed by atoms with van der Waals surface area (Å²) in [5, 5.41) is 18.4. The monoisotopic (exact) mass is 320 g/mol. The van der Waals surface area contributed by atoms with Crippen LogP contribution in [0.5, 0.6) is 0 Å². The van der Waals surface area contributed by atoms with E-state index < -0.39 is 22.1 Å². The minimum Gasteiger partial charge on any atom is -0.481 e. The fourth-order valence-electron chi connectivity index (χ4n) is 3.12. The SMILES string of the molecule is O=C(O)C1CCN(S(=O)(=O)N2CCCCCC2CO)CC1. The maximum atomic E-state index is 12.7. The van der Waals surface area contributed by atoms with Crippen LogP contribution in [0.15, 0.2) is 0 Å². The summed E-state index contributed by atoms with van der Waals surface area (Å²) in [7, 11) is -3.61. The molecule has 2 aliphatic heterocycles. The Labute approximate surface area is 125 Å². The molecule has 2 fully saturated rings. The second-order valence-electron chi connectivity index (χ2n) is 5.82. The number of aliphatic hydroxyl groups is 1. The van der Waals surface area contributed by atoms with Crippen LogP contribution in [0, 0.1) is 5.92 Å². The van der Waals surface area contributed by atoms with Crippen LogP contribution >= 0.6 is 0 Å². The maximum absolute atomic E-state index is 12.7. The quantitative estimate of drug-likeness (QED) is 0.774. The topological polar surface area (TPSA) is 98.2 Å². The zero-order valence-corrected chi connectivity index (χ0v) is 13.0. The number of aliphatic carboxylic acids is 1. The van der Waals surface area contributed by atoms with Gasteiger partial charge in [-0.2, -0.15) is 17.0 Å². The van der Waals surface area contributed by atoms with Crippen LogP contribution in [0.4, 0.5) is 0 Å². The van der Waals surface area contributed by atoms with E-state index in [1.54, 1.807) is 0 Å². The largest absolute Gasteiger partial charge is 0.481 e. The van der Waals surface area contributed by atoms with Crippen LogP contribution in [0.25, 0.3) is 0 Å². The van der Waals surface area contributed by atoms with Crippen molar-refractivity contribution in [3.8, 4) is 0 Å². The van der Waals surface area contributed by atoms with Crippen LogP contribution in [-0.4, -0.2) is 65.5 Å². The lowest BCUT2D eigenvalue weighted by molar-refractivity contribution is -0.142. The summed E-state index contributed by atoms with van der Waals surface area (Å²) in [5.41, 5.74) is 0. The van der Waals surface area contributed by atoms with Crippen molar-refractivity contribution < 1.29 is 23.4 Å². The van der Waals surface area contributed by atoms with Gasteiger partial charge in [-0.15, -0.1) is 0 Å². The van der Waals surface area contributed by atoms with E-state index in [0.717, 1.165) is 19.3 Å². The molecule has 7 nitrogen and oxygen atoms in total. The molecule has 0 amide bonds. The summed E-state index contributed by atoms with van der Waals surface area (Å²) in [6.07, 6.45) is 4.10. The number of rotatable bonds is 4. The molecule has 0 bridgehead atoms. The van der Waals surface area contributed by atoms with Crippen LogP contribution < -0.4 is 0 Å². The van der Waals surface area contributed by atoms with Gasteiger partial charge in [0.2, 0.25) is 0 Å². The summed E-state index contributed by atoms with van der Waals surface area (Å²) in [6.45, 7) is 0.763. The number of hydrogen-bond donors (Lipinski definition) is 2. The Balaban J connectivity index is 2.08. The van der Waals surface area contributed by atoms with E-state index in [9.17, 15) is 18.3 Å². The molecule has 122 valence electrons. The number of hydrogen-bond acceptors (Lipinski definition) is 4. The number of carboxylic acid groups (broad SMARTS) is 1. The highest BCUT2D eigenvalue weighted by molar-refractivity contribution is 7.86. The summed E-state index contributed by atoms with van der Waals surface area (Å²) < 4.78 is 28.3. The Hall–Kier alpha value is -0.700. The lowest BCUT2D eigenvalue weighted by atomic mass is 9.99. The minimum atomic E-state index is -3.61. The van der Waals surface area contributed by atoms with Crippen molar-refractivity contribution in [2.24, 2.45) is 5.92 Å². The predicted octanol–water partition coefficient (Wildman–Crippen LogP) is 0.265. The first-order valence-electron chi connectivity index (χ1n) is 7.57. The van der Waals surface area contributed by atoms with Gasteiger partial charge in [0, 0.05) is 25.7 Å². The van der Waals surface area contributed by atoms with Gasteiger partial charge < -0.3 is 10.2 Å². The van der Waals surface area contributed by atoms with Gasteiger partial charge in [0.15, 0.2) is 0 Å². The normalized spacial score (nSPS) is 27.4. The molecule has 2 N–H and O–H groups in total. The van der Waals surface area contributed by atoms with Gasteiger partial charge in [-0.3, -0.25) is 4.79 Å². The molecular formula is C13H24N2O5S. The third-order valence-electron chi connectivity index (χ3n) is 4.46. The second-order valence-corrected chi connectivity index (χ2v) is 7.70. The highest BCUT2D eigenvalue weighted by atomic mass is 32.2. The minimum absolute atomic E-state index is 0.162. The highest BCUT2D eigenvalue weighted by Gasteiger charge is 2.38. The maximum Gasteiger partial charge on any atom is 0.306 e. The van der Waals surface area contributed by atoms with E-state index in [-0.39, 0.29) is 25.7 Å². The Morgan fingerprint density at radius 1 is 1.05 bits per heavy atom. The number of carbonyl (C=O) groups is 1. The summed E-state index contributed by atoms with van der Waals surface area (Å²) in [6, 6.07) is -0.352. The molecule has 2 saturated heterocycles. The van der Waals surface area contributed by atoms with E-state index >= 15 is 0 Å². The van der Waals surface area contributed by atoms with Crippen LogP contribution in [-0.2, 0) is 15.0 Å². The first-order chi connectivity index (χ1) is 9.96. The van der Waals surface area contributed by atoms with E-state index in [2.05, 4.69) is 0 Å². The van der Waals surface area contributed by atoms with E-state index in [0.29, 0.717) is 25.8 Å². The van der Waals surface area contributed by atoms with E-state index in [1.807, 2.05) is 0 Å². The molecule has 2 aliphatic rings. The molecule has 0 aromatic rings. The van der Waals surface area contributed by atoms with Crippen molar-refractivity contribution in [2.75, 3.05) is 26.2 Å². The van der Waals surface area contributed by atoms with Crippen molar-refractivity contribution in [3.05, 3.63) is 0 Å². The fraction of sp³-hybridized carbons (Fsp3) is 0.923. The lowest BCUT2D eigenvalue weighted by Gasteiger charge is -2.36. The molecule has 0 spiro atoms. The molecular weight excluding hydrogens is 296 g/mol. The molecule has 8 heteroatoms. The highest BCUT2D eigenvalue weighted by Crippen LogP contribution is 2.26. The molecule has 1 unspecified atom stereocenters. The molecule has 0 radical (unpaired) electrons. The third-order valence-corrected chi connectivity index (χ3v) is 6.55. The Kier molecular flexibility index (Phi) is 5.59. The zero-order valence-electron chi connectivity index (χ0n) is 12.1. The lowest BCUT2D eigenvalue weighted by Crippen LogP contribution is -2.52. The standard InChI is InChI=1S/C13H24N2O5S/c16-10-12-4-2-1-3-7-15(12)21(19,20)14-8-5-11(6-9-14)13(17)18/h11-12,16H,1-10H2,(H,17,18). The van der Waals surface area contributed by atoms with Gasteiger partial charge in [-0.25, -0.2) is 0 Å². The van der Waals surface area contributed by atoms with E-state index in [1.165, 1.54) is 8.61 Å². The molecule has 0 aliphatic carbocycles. The van der Waals surface area contributed by atoms with Gasteiger partial charge in [-0.05, 0) is 25.7 Å². The van der Waals surface area contributed by atoms with Gasteiger partial charge in [-0.1, -0.05) is 12.8 Å². The second kappa shape index (κ2) is 7.04. The Morgan fingerprint density at radius 3 is 2.29 bits per heavy atom. The van der Waals surface area contributed by atoms with Crippen LogP contribution in [0.1, 0.15) is 38.5 Å². The van der Waals surface area contributed by atoms with E-state index in [4.69, 9.17) is 5.11 Å². The van der Waals surface area contributed by atoms with Crippen molar-refractivity contribution in [1.82, 2.24) is 8.61 Å². The molecule has 2 rings (SSSR count). The summed E-state index contributed by atoms with van der Waals surface area (Å²) >= 11 is 0. The van der Waals surface area contributed by atoms with Crippen molar-refractivity contribution in [3.63, 3.8) is 0 Å². The first-order valence-corrected chi connectivity index (χ1v) is 8.97. The van der Waals surface area contributed by atoms with Crippen molar-refractivity contribution in [1.29, 1.82) is 0 Å². The van der Waals surface area contributed by atoms with Gasteiger partial charge in [0.1, 0.15) is 0 Å². The molecule has 0 aromatic heterocycles. The van der Waals surface area contributed by atoms with Gasteiger partial charge >= 0.3 is 5.97 Å². The third kappa shape index (κ3) is 3.74. The Bertz CT molecular complexity index is 459. The van der Waals surface area contributed by atoms with Crippen LogP contribution in [0.3, 0.4) is 0 Å². The molecule has 21 heavy (non-hydrogen) atoms. The smallest absolute Gasteiger partial charge is 0.306 e. The number of aliphatic hydroxyl groups excluding tert-OH is 1. The van der Waals surface area contributed by atoms with Crippen molar-refractivity contribution in [2.45, 2.75) is 44.6 Å². The molecule has 0 saturated carbocycles. The summed E-state index contributed by atoms with van der Waals surface area (Å²) in [5.74, 6) is -1.30. The number of piperidine rings is 1.